The van der Waals surface area contributed by atoms with Crippen molar-refractivity contribution in [2.45, 2.75) is 37.7 Å². The van der Waals surface area contributed by atoms with E-state index in [1.165, 1.54) is 6.20 Å². The number of pyridine rings is 1. The molecule has 25 heavy (non-hydrogen) atoms. The monoisotopic (exact) mass is 340 g/mol. The van der Waals surface area contributed by atoms with Crippen LogP contribution in [0.1, 0.15) is 28.9 Å². The van der Waals surface area contributed by atoms with Gasteiger partial charge in [0.1, 0.15) is 11.8 Å². The van der Waals surface area contributed by atoms with Gasteiger partial charge in [0, 0.05) is 31.3 Å². The molecule has 7 nitrogen and oxygen atoms in total. The summed E-state index contributed by atoms with van der Waals surface area (Å²) in [5.74, 6) is -0.0840. The summed E-state index contributed by atoms with van der Waals surface area (Å²) in [4.78, 5) is 26.8. The summed E-state index contributed by atoms with van der Waals surface area (Å²) in [6.45, 7) is 1.59. The van der Waals surface area contributed by atoms with Gasteiger partial charge in [-0.05, 0) is 24.5 Å². The largest absolute Gasteiger partial charge is 0.372 e. The minimum atomic E-state index is -0.0916. The summed E-state index contributed by atoms with van der Waals surface area (Å²) < 4.78 is 12.0. The second kappa shape index (κ2) is 7.25. The summed E-state index contributed by atoms with van der Waals surface area (Å²) in [6.07, 6.45) is 9.81. The van der Waals surface area contributed by atoms with E-state index in [2.05, 4.69) is 15.0 Å². The first kappa shape index (κ1) is 16.1. The van der Waals surface area contributed by atoms with Crippen LogP contribution >= 0.6 is 0 Å². The van der Waals surface area contributed by atoms with Crippen LogP contribution in [0.2, 0.25) is 0 Å². The van der Waals surface area contributed by atoms with Gasteiger partial charge in [-0.25, -0.2) is 4.98 Å². The molecular weight excluding hydrogens is 320 g/mol. The smallest absolute Gasteiger partial charge is 0.274 e. The minimum absolute atomic E-state index is 0.0114. The summed E-state index contributed by atoms with van der Waals surface area (Å²) >= 11 is 0. The van der Waals surface area contributed by atoms with Crippen molar-refractivity contribution in [2.75, 3.05) is 13.2 Å². The van der Waals surface area contributed by atoms with Gasteiger partial charge in [-0.1, -0.05) is 6.07 Å². The van der Waals surface area contributed by atoms with Gasteiger partial charge >= 0.3 is 0 Å². The number of morpholine rings is 1. The lowest BCUT2D eigenvalue weighted by atomic mass is 10.1. The molecule has 4 rings (SSSR count). The van der Waals surface area contributed by atoms with Crippen molar-refractivity contribution in [1.29, 1.82) is 0 Å². The Morgan fingerprint density at radius 2 is 2.16 bits per heavy atom. The predicted octanol–water partition coefficient (Wildman–Crippen LogP) is 1.46. The molecule has 2 aromatic rings. The van der Waals surface area contributed by atoms with E-state index in [4.69, 9.17) is 9.47 Å². The van der Waals surface area contributed by atoms with Crippen molar-refractivity contribution < 1.29 is 14.3 Å². The number of carbonyl (C=O) groups excluding carboxylic acids is 1. The molecule has 130 valence electrons. The first-order valence-electron chi connectivity index (χ1n) is 8.52. The van der Waals surface area contributed by atoms with E-state index in [0.717, 1.165) is 18.4 Å². The highest BCUT2D eigenvalue weighted by molar-refractivity contribution is 5.92. The van der Waals surface area contributed by atoms with Crippen LogP contribution in [0.15, 0.2) is 43.1 Å². The van der Waals surface area contributed by atoms with Crippen LogP contribution in [0.5, 0.6) is 0 Å². The van der Waals surface area contributed by atoms with Crippen LogP contribution in [-0.4, -0.2) is 57.2 Å². The molecule has 0 N–H and O–H groups in total. The molecular formula is C18H20N4O3. The Kier molecular flexibility index (Phi) is 4.67. The topological polar surface area (TPSA) is 77.4 Å². The zero-order chi connectivity index (χ0) is 17.1. The number of hydrogen-bond donors (Lipinski definition) is 0. The standard InChI is InChI=1S/C18H20N4O3/c23-18(14-11-20-6-7-21-14)22-8-9-24-17-15(22)3-4-16(17)25-12-13-2-1-5-19-10-13/h1-2,5-7,10-11,15-17H,3-4,8-9,12H2/t15-,16-,17+/m0/s1. The van der Waals surface area contributed by atoms with Gasteiger partial charge in [0.05, 0.1) is 31.6 Å². The summed E-state index contributed by atoms with van der Waals surface area (Å²) in [5, 5.41) is 0. The van der Waals surface area contributed by atoms with E-state index in [9.17, 15) is 4.79 Å². The molecule has 2 aliphatic rings. The first-order chi connectivity index (χ1) is 12.3. The maximum absolute atomic E-state index is 12.7. The molecule has 0 aromatic carbocycles. The average Bonchev–Trinajstić information content (AvgIpc) is 3.10. The molecule has 2 aromatic heterocycles. The average molecular weight is 340 g/mol. The van der Waals surface area contributed by atoms with Crippen molar-refractivity contribution in [3.63, 3.8) is 0 Å². The molecule has 0 spiro atoms. The SMILES string of the molecule is O=C(c1cnccn1)N1CCO[C@H]2[C@@H](OCc3cccnc3)CC[C@@H]21. The fraction of sp³-hybridized carbons (Fsp3) is 0.444. The molecule has 7 heteroatoms. The zero-order valence-electron chi connectivity index (χ0n) is 13.8. The second-order valence-corrected chi connectivity index (χ2v) is 6.28. The van der Waals surface area contributed by atoms with Crippen molar-refractivity contribution in [2.24, 2.45) is 0 Å². The number of ether oxygens (including phenoxy) is 2. The third kappa shape index (κ3) is 3.38. The van der Waals surface area contributed by atoms with Crippen LogP contribution in [0.25, 0.3) is 0 Å². The molecule has 1 saturated heterocycles. The lowest BCUT2D eigenvalue weighted by molar-refractivity contribution is -0.108. The van der Waals surface area contributed by atoms with E-state index in [1.807, 2.05) is 17.0 Å². The molecule has 3 heterocycles. The van der Waals surface area contributed by atoms with Gasteiger partial charge in [-0.15, -0.1) is 0 Å². The quantitative estimate of drug-likeness (QED) is 0.839. The number of fused-ring (bicyclic) bond motifs is 1. The van der Waals surface area contributed by atoms with E-state index >= 15 is 0 Å². The van der Waals surface area contributed by atoms with Crippen LogP contribution in [-0.2, 0) is 16.1 Å². The molecule has 1 aliphatic heterocycles. The van der Waals surface area contributed by atoms with Crippen LogP contribution in [0.3, 0.4) is 0 Å². The Bertz CT molecular complexity index is 713. The lowest BCUT2D eigenvalue weighted by Crippen LogP contribution is -2.54. The molecule has 3 atom stereocenters. The number of rotatable bonds is 4. The van der Waals surface area contributed by atoms with Gasteiger partial charge in [0.15, 0.2) is 0 Å². The fourth-order valence-electron chi connectivity index (χ4n) is 3.59. The van der Waals surface area contributed by atoms with Crippen molar-refractivity contribution in [3.05, 3.63) is 54.4 Å². The molecule has 0 unspecified atom stereocenters. The second-order valence-electron chi connectivity index (χ2n) is 6.28. The molecule has 2 fully saturated rings. The third-order valence-corrected chi connectivity index (χ3v) is 4.77. The van der Waals surface area contributed by atoms with Gasteiger partial charge in [0.25, 0.3) is 5.91 Å². The zero-order valence-corrected chi connectivity index (χ0v) is 13.8. The van der Waals surface area contributed by atoms with Crippen molar-refractivity contribution in [1.82, 2.24) is 19.9 Å². The number of carbonyl (C=O) groups is 1. The van der Waals surface area contributed by atoms with Crippen molar-refractivity contribution in [3.8, 4) is 0 Å². The van der Waals surface area contributed by atoms with Gasteiger partial charge in [-0.2, -0.15) is 0 Å². The number of amides is 1. The highest BCUT2D eigenvalue weighted by Crippen LogP contribution is 2.33. The Morgan fingerprint density at radius 1 is 1.24 bits per heavy atom. The van der Waals surface area contributed by atoms with Crippen LogP contribution in [0, 0.1) is 0 Å². The Hall–Kier alpha value is -2.38. The number of aromatic nitrogens is 3. The fourth-order valence-corrected chi connectivity index (χ4v) is 3.59. The summed E-state index contributed by atoms with van der Waals surface area (Å²) in [6, 6.07) is 3.92. The molecule has 1 saturated carbocycles. The van der Waals surface area contributed by atoms with Crippen LogP contribution < -0.4 is 0 Å². The molecule has 1 aliphatic carbocycles. The van der Waals surface area contributed by atoms with E-state index in [0.29, 0.717) is 25.5 Å². The predicted molar refractivity (Wildman–Crippen MR) is 88.6 cm³/mol. The Labute approximate surface area is 146 Å². The highest BCUT2D eigenvalue weighted by Gasteiger charge is 2.45. The number of hydrogen-bond acceptors (Lipinski definition) is 6. The van der Waals surface area contributed by atoms with E-state index in [1.54, 1.807) is 24.8 Å². The molecule has 1 amide bonds. The van der Waals surface area contributed by atoms with Crippen LogP contribution in [0.4, 0.5) is 0 Å². The molecule has 0 radical (unpaired) electrons. The molecule has 0 bridgehead atoms. The third-order valence-electron chi connectivity index (χ3n) is 4.77. The normalized spacial score (nSPS) is 25.6. The maximum atomic E-state index is 12.7. The van der Waals surface area contributed by atoms with Crippen molar-refractivity contribution >= 4 is 5.91 Å². The van der Waals surface area contributed by atoms with E-state index in [-0.39, 0.29) is 24.2 Å². The first-order valence-corrected chi connectivity index (χ1v) is 8.52. The van der Waals surface area contributed by atoms with Gasteiger partial charge in [0.2, 0.25) is 0 Å². The van der Waals surface area contributed by atoms with Gasteiger partial charge < -0.3 is 14.4 Å². The minimum Gasteiger partial charge on any atom is -0.372 e. The Balaban J connectivity index is 1.42. The summed E-state index contributed by atoms with van der Waals surface area (Å²) in [7, 11) is 0. The summed E-state index contributed by atoms with van der Waals surface area (Å²) in [5.41, 5.74) is 1.41. The van der Waals surface area contributed by atoms with Gasteiger partial charge in [-0.3, -0.25) is 14.8 Å². The Morgan fingerprint density at radius 3 is 2.96 bits per heavy atom. The maximum Gasteiger partial charge on any atom is 0.274 e. The van der Waals surface area contributed by atoms with E-state index < -0.39 is 0 Å². The highest BCUT2D eigenvalue weighted by atomic mass is 16.5. The number of nitrogens with zero attached hydrogens (tertiary/aromatic N) is 4. The lowest BCUT2D eigenvalue weighted by Gasteiger charge is -2.38.